The van der Waals surface area contributed by atoms with E-state index in [9.17, 15) is 14.4 Å². The first-order valence-electron chi connectivity index (χ1n) is 10.6. The van der Waals surface area contributed by atoms with Crippen molar-refractivity contribution in [2.24, 2.45) is 7.05 Å². The minimum absolute atomic E-state index is 0.224. The van der Waals surface area contributed by atoms with Gasteiger partial charge in [-0.05, 0) is 62.4 Å². The maximum Gasteiger partial charge on any atom is 0.329 e. The molecule has 0 unspecified atom stereocenters. The van der Waals surface area contributed by atoms with Crippen molar-refractivity contribution in [2.75, 3.05) is 4.90 Å². The number of hydrogen-bond donors (Lipinski definition) is 2. The SMILES string of the molecule is Cn1cc(-c2cc(N3C(=O)NC(C)(C)C3=O)ccc2Oc2ccc(Cl)cc2)c2cc[nH]c(=O)c21. The summed E-state index contributed by atoms with van der Waals surface area (Å²) in [6.07, 6.45) is 3.40. The van der Waals surface area contributed by atoms with Crippen LogP contribution in [0.25, 0.3) is 22.0 Å². The monoisotopic (exact) mass is 476 g/mol. The van der Waals surface area contributed by atoms with E-state index in [1.165, 1.54) is 0 Å². The molecular weight excluding hydrogens is 456 g/mol. The summed E-state index contributed by atoms with van der Waals surface area (Å²) >= 11 is 6.00. The van der Waals surface area contributed by atoms with E-state index in [4.69, 9.17) is 16.3 Å². The topological polar surface area (TPSA) is 96.4 Å². The molecule has 2 aromatic heterocycles. The van der Waals surface area contributed by atoms with Gasteiger partial charge in [0.05, 0.1) is 5.69 Å². The maximum atomic E-state index is 12.9. The Morgan fingerprint density at radius 3 is 2.38 bits per heavy atom. The van der Waals surface area contributed by atoms with E-state index < -0.39 is 11.6 Å². The van der Waals surface area contributed by atoms with Gasteiger partial charge in [-0.3, -0.25) is 9.59 Å². The van der Waals surface area contributed by atoms with Gasteiger partial charge in [-0.1, -0.05) is 11.6 Å². The average Bonchev–Trinajstić information content (AvgIpc) is 3.23. The van der Waals surface area contributed by atoms with Crippen molar-refractivity contribution in [1.29, 1.82) is 0 Å². The second-order valence-corrected chi connectivity index (χ2v) is 9.09. The van der Waals surface area contributed by atoms with Gasteiger partial charge in [0, 0.05) is 41.0 Å². The predicted octanol–water partition coefficient (Wildman–Crippen LogP) is 4.81. The smallest absolute Gasteiger partial charge is 0.329 e. The van der Waals surface area contributed by atoms with E-state index >= 15 is 0 Å². The summed E-state index contributed by atoms with van der Waals surface area (Å²) in [6, 6.07) is 13.3. The molecule has 1 aliphatic rings. The van der Waals surface area contributed by atoms with Crippen molar-refractivity contribution in [2.45, 2.75) is 19.4 Å². The fourth-order valence-electron chi connectivity index (χ4n) is 4.15. The minimum atomic E-state index is -1.01. The molecule has 0 bridgehead atoms. The molecule has 2 N–H and O–H groups in total. The molecule has 4 aromatic rings. The molecule has 2 aromatic carbocycles. The van der Waals surface area contributed by atoms with Gasteiger partial charge < -0.3 is 19.6 Å². The summed E-state index contributed by atoms with van der Waals surface area (Å²) in [5.41, 5.74) is 1.00. The average molecular weight is 477 g/mol. The molecule has 0 aliphatic carbocycles. The Morgan fingerprint density at radius 1 is 0.971 bits per heavy atom. The van der Waals surface area contributed by atoms with Crippen molar-refractivity contribution in [3.05, 3.63) is 76.3 Å². The van der Waals surface area contributed by atoms with Crippen LogP contribution < -0.4 is 20.5 Å². The van der Waals surface area contributed by atoms with E-state index in [0.29, 0.717) is 38.7 Å². The minimum Gasteiger partial charge on any atom is -0.457 e. The third-order valence-electron chi connectivity index (χ3n) is 5.81. The van der Waals surface area contributed by atoms with Gasteiger partial charge in [0.2, 0.25) is 0 Å². The van der Waals surface area contributed by atoms with E-state index in [1.54, 1.807) is 74.1 Å². The molecule has 34 heavy (non-hydrogen) atoms. The van der Waals surface area contributed by atoms with Gasteiger partial charge in [-0.2, -0.15) is 0 Å². The Hall–Kier alpha value is -4.04. The number of nitrogens with zero attached hydrogens (tertiary/aromatic N) is 2. The van der Waals surface area contributed by atoms with Crippen LogP contribution in [0.1, 0.15) is 13.8 Å². The lowest BCUT2D eigenvalue weighted by Crippen LogP contribution is -2.40. The van der Waals surface area contributed by atoms with Crippen LogP contribution in [0.15, 0.2) is 65.7 Å². The van der Waals surface area contributed by atoms with Crippen molar-refractivity contribution in [1.82, 2.24) is 14.9 Å². The molecule has 1 saturated heterocycles. The number of ether oxygens (including phenoxy) is 1. The summed E-state index contributed by atoms with van der Waals surface area (Å²) in [7, 11) is 1.78. The van der Waals surface area contributed by atoms with E-state index in [-0.39, 0.29) is 11.5 Å². The zero-order valence-electron chi connectivity index (χ0n) is 18.7. The number of amides is 3. The van der Waals surface area contributed by atoms with Gasteiger partial charge in [0.25, 0.3) is 11.5 Å². The summed E-state index contributed by atoms with van der Waals surface area (Å²) in [6.45, 7) is 3.31. The van der Waals surface area contributed by atoms with Gasteiger partial charge in [0.15, 0.2) is 0 Å². The molecule has 0 atom stereocenters. The normalized spacial score (nSPS) is 15.1. The van der Waals surface area contributed by atoms with E-state index in [1.807, 2.05) is 12.3 Å². The predicted molar refractivity (Wildman–Crippen MR) is 131 cm³/mol. The molecule has 3 heterocycles. The van der Waals surface area contributed by atoms with Crippen LogP contribution in [-0.4, -0.2) is 27.0 Å². The molecular formula is C25H21ClN4O4. The molecule has 0 radical (unpaired) electrons. The van der Waals surface area contributed by atoms with Gasteiger partial charge in [0.1, 0.15) is 22.6 Å². The Balaban J connectivity index is 1.70. The molecule has 8 nitrogen and oxygen atoms in total. The summed E-state index contributed by atoms with van der Waals surface area (Å²) in [5, 5.41) is 3.99. The molecule has 3 amide bonds. The number of carbonyl (C=O) groups is 2. The first-order valence-corrected chi connectivity index (χ1v) is 10.9. The number of aromatic nitrogens is 2. The van der Waals surface area contributed by atoms with Crippen LogP contribution in [0.4, 0.5) is 10.5 Å². The van der Waals surface area contributed by atoms with E-state index in [2.05, 4.69) is 10.3 Å². The van der Waals surface area contributed by atoms with Gasteiger partial charge in [-0.25, -0.2) is 9.69 Å². The molecule has 0 spiro atoms. The highest BCUT2D eigenvalue weighted by Crippen LogP contribution is 2.40. The number of nitrogens with one attached hydrogen (secondary N) is 2. The number of aryl methyl sites for hydroxylation is 1. The fraction of sp³-hybridized carbons (Fsp3) is 0.160. The number of aromatic amines is 1. The number of urea groups is 1. The van der Waals surface area contributed by atoms with Crippen LogP contribution in [0, 0.1) is 0 Å². The number of benzene rings is 2. The second kappa shape index (κ2) is 7.78. The number of pyridine rings is 1. The molecule has 1 fully saturated rings. The van der Waals surface area contributed by atoms with Gasteiger partial charge >= 0.3 is 6.03 Å². The zero-order valence-corrected chi connectivity index (χ0v) is 19.4. The molecule has 9 heteroatoms. The molecule has 1 aliphatic heterocycles. The Labute approximate surface area is 199 Å². The maximum absolute atomic E-state index is 12.9. The highest BCUT2D eigenvalue weighted by atomic mass is 35.5. The summed E-state index contributed by atoms with van der Waals surface area (Å²) in [4.78, 5) is 41.8. The number of imide groups is 1. The Morgan fingerprint density at radius 2 is 1.71 bits per heavy atom. The lowest BCUT2D eigenvalue weighted by atomic mass is 10.0. The number of halogens is 1. The molecule has 172 valence electrons. The Kier molecular flexibility index (Phi) is 4.98. The standard InChI is InChI=1S/C25H21ClN4O4/c1-25(2)23(32)30(24(33)28-25)15-6-9-20(34-16-7-4-14(26)5-8-16)18(12-15)19-13-29(3)21-17(19)10-11-27-22(21)31/h4-13H,1-3H3,(H,27,31)(H,28,33). The van der Waals surface area contributed by atoms with Crippen molar-refractivity contribution in [3.63, 3.8) is 0 Å². The first-order chi connectivity index (χ1) is 16.2. The van der Waals surface area contributed by atoms with Crippen LogP contribution >= 0.6 is 11.6 Å². The quantitative estimate of drug-likeness (QED) is 0.413. The lowest BCUT2D eigenvalue weighted by Gasteiger charge is -2.18. The lowest BCUT2D eigenvalue weighted by molar-refractivity contribution is -0.121. The number of fused-ring (bicyclic) bond motifs is 1. The van der Waals surface area contributed by atoms with Crippen molar-refractivity contribution < 1.29 is 14.3 Å². The highest BCUT2D eigenvalue weighted by Gasteiger charge is 2.45. The van der Waals surface area contributed by atoms with Crippen LogP contribution in [0.5, 0.6) is 11.5 Å². The van der Waals surface area contributed by atoms with Crippen molar-refractivity contribution >= 4 is 40.1 Å². The Bertz CT molecular complexity index is 1520. The zero-order chi connectivity index (χ0) is 24.2. The highest BCUT2D eigenvalue weighted by molar-refractivity contribution is 6.30. The van der Waals surface area contributed by atoms with Crippen LogP contribution in [-0.2, 0) is 11.8 Å². The molecule has 5 rings (SSSR count). The third-order valence-corrected chi connectivity index (χ3v) is 6.07. The number of carbonyl (C=O) groups excluding carboxylic acids is 2. The van der Waals surface area contributed by atoms with Gasteiger partial charge in [-0.15, -0.1) is 0 Å². The second-order valence-electron chi connectivity index (χ2n) is 8.65. The van der Waals surface area contributed by atoms with Crippen LogP contribution in [0.3, 0.4) is 0 Å². The number of anilines is 1. The number of hydrogen-bond acceptors (Lipinski definition) is 4. The third kappa shape index (κ3) is 3.52. The number of rotatable bonds is 4. The first kappa shape index (κ1) is 21.8. The van der Waals surface area contributed by atoms with E-state index in [0.717, 1.165) is 10.5 Å². The van der Waals surface area contributed by atoms with Crippen molar-refractivity contribution in [3.8, 4) is 22.6 Å². The summed E-state index contributed by atoms with van der Waals surface area (Å²) in [5.74, 6) is 0.696. The molecule has 0 saturated carbocycles. The van der Waals surface area contributed by atoms with Crippen LogP contribution in [0.2, 0.25) is 5.02 Å². The summed E-state index contributed by atoms with van der Waals surface area (Å²) < 4.78 is 7.90. The number of H-pyrrole nitrogens is 1. The largest absolute Gasteiger partial charge is 0.457 e. The fourth-order valence-corrected chi connectivity index (χ4v) is 4.28.